The van der Waals surface area contributed by atoms with E-state index in [0.29, 0.717) is 0 Å². The molecule has 0 fully saturated rings. The third-order valence-electron chi connectivity index (χ3n) is 4.45. The molecule has 3 heterocycles. The minimum Gasteiger partial charge on any atom is -0.302 e. The molecule has 0 N–H and O–H groups in total. The third kappa shape index (κ3) is 6.05. The van der Waals surface area contributed by atoms with E-state index in [2.05, 4.69) is 56.3 Å². The molecule has 0 bridgehead atoms. The molecule has 0 aromatic carbocycles. The Labute approximate surface area is 156 Å². The fraction of sp³-hybridized carbons (Fsp3) is 0.318. The van der Waals surface area contributed by atoms with Gasteiger partial charge in [-0.05, 0) is 43.3 Å². The zero-order valence-electron chi connectivity index (χ0n) is 15.4. The average Bonchev–Trinajstić information content (AvgIpc) is 2.69. The van der Waals surface area contributed by atoms with E-state index in [0.717, 1.165) is 61.7 Å². The molecule has 3 aromatic rings. The van der Waals surface area contributed by atoms with Gasteiger partial charge in [0.05, 0.1) is 0 Å². The molecule has 26 heavy (non-hydrogen) atoms. The van der Waals surface area contributed by atoms with Crippen molar-refractivity contribution in [2.24, 2.45) is 0 Å². The smallest absolute Gasteiger partial charge is 0.0419 e. The Morgan fingerprint density at radius 3 is 1.69 bits per heavy atom. The van der Waals surface area contributed by atoms with E-state index in [9.17, 15) is 0 Å². The van der Waals surface area contributed by atoms with Crippen LogP contribution in [0, 0.1) is 6.92 Å². The van der Waals surface area contributed by atoms with E-state index in [1.54, 1.807) is 0 Å². The van der Waals surface area contributed by atoms with Crippen LogP contribution in [0.2, 0.25) is 0 Å². The van der Waals surface area contributed by atoms with Gasteiger partial charge in [0, 0.05) is 74.1 Å². The number of rotatable bonds is 9. The molecule has 0 radical (unpaired) electrons. The maximum absolute atomic E-state index is 4.63. The standard InChI is InChI=1S/C22H26N4/c1-19-7-6-10-22(25-19)13-18-26(16-11-20-8-2-4-14-23-20)17-12-21-9-3-5-15-24-21/h2-10,14-15H,11-13,16-18H2,1H3. The molecule has 0 aliphatic heterocycles. The van der Waals surface area contributed by atoms with Crippen molar-refractivity contribution in [2.75, 3.05) is 19.6 Å². The summed E-state index contributed by atoms with van der Waals surface area (Å²) >= 11 is 0. The van der Waals surface area contributed by atoms with Crippen molar-refractivity contribution < 1.29 is 0 Å². The van der Waals surface area contributed by atoms with Crippen LogP contribution in [0.25, 0.3) is 0 Å². The highest BCUT2D eigenvalue weighted by molar-refractivity contribution is 5.10. The first kappa shape index (κ1) is 18.2. The molecule has 0 spiro atoms. The molecular weight excluding hydrogens is 320 g/mol. The summed E-state index contributed by atoms with van der Waals surface area (Å²) < 4.78 is 0. The van der Waals surface area contributed by atoms with Crippen LogP contribution >= 0.6 is 0 Å². The minimum atomic E-state index is 0.963. The van der Waals surface area contributed by atoms with Gasteiger partial charge in [-0.15, -0.1) is 0 Å². The Kier molecular flexibility index (Phi) is 6.85. The number of nitrogens with zero attached hydrogens (tertiary/aromatic N) is 4. The number of hydrogen-bond donors (Lipinski definition) is 0. The average molecular weight is 346 g/mol. The topological polar surface area (TPSA) is 41.9 Å². The van der Waals surface area contributed by atoms with Crippen LogP contribution < -0.4 is 0 Å². The Bertz CT molecular complexity index is 731. The fourth-order valence-corrected chi connectivity index (χ4v) is 2.98. The summed E-state index contributed by atoms with van der Waals surface area (Å²) in [5.41, 5.74) is 4.52. The molecule has 0 atom stereocenters. The Hall–Kier alpha value is -2.59. The molecule has 4 heteroatoms. The van der Waals surface area contributed by atoms with Crippen LogP contribution in [0.3, 0.4) is 0 Å². The van der Waals surface area contributed by atoms with Crippen molar-refractivity contribution in [2.45, 2.75) is 26.2 Å². The van der Waals surface area contributed by atoms with Crippen LogP contribution in [-0.4, -0.2) is 39.5 Å². The highest BCUT2D eigenvalue weighted by atomic mass is 15.1. The van der Waals surface area contributed by atoms with Gasteiger partial charge in [-0.3, -0.25) is 15.0 Å². The monoisotopic (exact) mass is 346 g/mol. The van der Waals surface area contributed by atoms with Gasteiger partial charge in [0.2, 0.25) is 0 Å². The van der Waals surface area contributed by atoms with Crippen molar-refractivity contribution in [1.29, 1.82) is 0 Å². The van der Waals surface area contributed by atoms with Crippen molar-refractivity contribution in [1.82, 2.24) is 19.9 Å². The van der Waals surface area contributed by atoms with Gasteiger partial charge in [0.15, 0.2) is 0 Å². The van der Waals surface area contributed by atoms with Gasteiger partial charge in [-0.1, -0.05) is 18.2 Å². The molecule has 0 saturated heterocycles. The molecule has 0 saturated carbocycles. The quantitative estimate of drug-likeness (QED) is 0.595. The molecule has 3 aromatic heterocycles. The van der Waals surface area contributed by atoms with E-state index in [-0.39, 0.29) is 0 Å². The lowest BCUT2D eigenvalue weighted by Gasteiger charge is -2.22. The van der Waals surface area contributed by atoms with Gasteiger partial charge in [0.25, 0.3) is 0 Å². The molecular formula is C22H26N4. The lowest BCUT2D eigenvalue weighted by atomic mass is 10.2. The summed E-state index contributed by atoms with van der Waals surface area (Å²) in [6, 6.07) is 18.5. The molecule has 4 nitrogen and oxygen atoms in total. The summed E-state index contributed by atoms with van der Waals surface area (Å²) in [4.78, 5) is 16.0. The van der Waals surface area contributed by atoms with Crippen molar-refractivity contribution in [3.63, 3.8) is 0 Å². The maximum Gasteiger partial charge on any atom is 0.0419 e. The van der Waals surface area contributed by atoms with E-state index in [4.69, 9.17) is 0 Å². The lowest BCUT2D eigenvalue weighted by molar-refractivity contribution is 0.281. The predicted octanol–water partition coefficient (Wildman–Crippen LogP) is 3.51. The second kappa shape index (κ2) is 9.78. The van der Waals surface area contributed by atoms with Crippen LogP contribution in [0.4, 0.5) is 0 Å². The van der Waals surface area contributed by atoms with Gasteiger partial charge in [0.1, 0.15) is 0 Å². The molecule has 0 aliphatic carbocycles. The van der Waals surface area contributed by atoms with Gasteiger partial charge >= 0.3 is 0 Å². The summed E-state index contributed by atoms with van der Waals surface area (Å²) in [5.74, 6) is 0. The fourth-order valence-electron chi connectivity index (χ4n) is 2.98. The van der Waals surface area contributed by atoms with Gasteiger partial charge in [-0.2, -0.15) is 0 Å². The third-order valence-corrected chi connectivity index (χ3v) is 4.45. The molecule has 0 aliphatic rings. The summed E-state index contributed by atoms with van der Waals surface area (Å²) in [5, 5.41) is 0. The predicted molar refractivity (Wildman–Crippen MR) is 105 cm³/mol. The highest BCUT2D eigenvalue weighted by Crippen LogP contribution is 2.05. The molecule has 134 valence electrons. The largest absolute Gasteiger partial charge is 0.302 e. The van der Waals surface area contributed by atoms with E-state index < -0.39 is 0 Å². The minimum absolute atomic E-state index is 0.963. The number of aryl methyl sites for hydroxylation is 1. The second-order valence-electron chi connectivity index (χ2n) is 6.50. The van der Waals surface area contributed by atoms with Crippen LogP contribution in [0.15, 0.2) is 67.0 Å². The first-order chi connectivity index (χ1) is 12.8. The summed E-state index contributed by atoms with van der Waals surface area (Å²) in [6.45, 7) is 5.03. The van der Waals surface area contributed by atoms with Crippen molar-refractivity contribution in [3.8, 4) is 0 Å². The lowest BCUT2D eigenvalue weighted by Crippen LogP contribution is -2.31. The normalized spacial score (nSPS) is 11.0. The Morgan fingerprint density at radius 1 is 0.654 bits per heavy atom. The molecule has 3 rings (SSSR count). The zero-order chi connectivity index (χ0) is 18.0. The second-order valence-corrected chi connectivity index (χ2v) is 6.50. The molecule has 0 unspecified atom stereocenters. The van der Waals surface area contributed by atoms with Gasteiger partial charge in [-0.25, -0.2) is 0 Å². The Morgan fingerprint density at radius 2 is 1.19 bits per heavy atom. The molecule has 0 amide bonds. The first-order valence-electron chi connectivity index (χ1n) is 9.24. The maximum atomic E-state index is 4.63. The van der Waals surface area contributed by atoms with Crippen molar-refractivity contribution in [3.05, 3.63) is 89.8 Å². The summed E-state index contributed by atoms with van der Waals surface area (Å²) in [7, 11) is 0. The van der Waals surface area contributed by atoms with Gasteiger partial charge < -0.3 is 4.90 Å². The Balaban J connectivity index is 1.58. The zero-order valence-corrected chi connectivity index (χ0v) is 15.4. The van der Waals surface area contributed by atoms with Crippen LogP contribution in [-0.2, 0) is 19.3 Å². The van der Waals surface area contributed by atoms with E-state index in [1.165, 1.54) is 0 Å². The number of aromatic nitrogens is 3. The number of pyridine rings is 3. The summed E-state index contributed by atoms with van der Waals surface area (Å²) in [6.07, 6.45) is 6.62. The highest BCUT2D eigenvalue weighted by Gasteiger charge is 2.08. The SMILES string of the molecule is Cc1cccc(CCN(CCc2ccccn2)CCc2ccccn2)n1. The van der Waals surface area contributed by atoms with Crippen molar-refractivity contribution >= 4 is 0 Å². The van der Waals surface area contributed by atoms with E-state index in [1.807, 2.05) is 37.5 Å². The van der Waals surface area contributed by atoms with Crippen LogP contribution in [0.5, 0.6) is 0 Å². The first-order valence-corrected chi connectivity index (χ1v) is 9.24. The van der Waals surface area contributed by atoms with Crippen LogP contribution in [0.1, 0.15) is 22.8 Å². The number of hydrogen-bond acceptors (Lipinski definition) is 4. The van der Waals surface area contributed by atoms with E-state index >= 15 is 0 Å².